The van der Waals surface area contributed by atoms with Gasteiger partial charge in [0.2, 0.25) is 0 Å². The Hall–Kier alpha value is -1.10. The normalized spacial score (nSPS) is 19.5. The van der Waals surface area contributed by atoms with Gasteiger partial charge in [-0.1, -0.05) is 19.1 Å². The van der Waals surface area contributed by atoms with Gasteiger partial charge in [0.15, 0.2) is 0 Å². The fraction of sp³-hybridized carbons (Fsp3) is 0.600. The molecule has 1 unspecified atom stereocenters. The molecule has 0 radical (unpaired) electrons. The highest BCUT2D eigenvalue weighted by Crippen LogP contribution is 2.18. The van der Waals surface area contributed by atoms with Crippen LogP contribution in [-0.4, -0.2) is 54.2 Å². The minimum atomic E-state index is -0.384. The predicted molar refractivity (Wildman–Crippen MR) is 79.0 cm³/mol. The van der Waals surface area contributed by atoms with Gasteiger partial charge in [0.1, 0.15) is 0 Å². The lowest BCUT2D eigenvalue weighted by molar-refractivity contribution is 0.105. The molecule has 2 rings (SSSR count). The van der Waals surface area contributed by atoms with Crippen LogP contribution in [0, 0.1) is 0 Å². The predicted octanol–water partition coefficient (Wildman–Crippen LogP) is 1.33. The maximum Gasteiger partial charge on any atom is 0.0802 e. The van der Waals surface area contributed by atoms with E-state index in [1.807, 2.05) is 24.3 Å². The number of rotatable bonds is 5. The molecule has 4 heteroatoms. The second kappa shape index (κ2) is 6.89. The standard InChI is InChI=1S/C15H25N3O/c1-2-17-9-11-18(12-10-17)8-7-15(19)13-3-5-14(16)6-4-13/h3-6,15,19H,2,7-12,16H2,1H3. The van der Waals surface area contributed by atoms with Gasteiger partial charge in [0.25, 0.3) is 0 Å². The van der Waals surface area contributed by atoms with Crippen molar-refractivity contribution in [2.45, 2.75) is 19.4 Å². The van der Waals surface area contributed by atoms with Crippen LogP contribution in [-0.2, 0) is 0 Å². The molecule has 0 aliphatic carbocycles. The molecule has 19 heavy (non-hydrogen) atoms. The van der Waals surface area contributed by atoms with Crippen molar-refractivity contribution in [3.05, 3.63) is 29.8 Å². The van der Waals surface area contributed by atoms with Crippen LogP contribution >= 0.6 is 0 Å². The zero-order valence-corrected chi connectivity index (χ0v) is 11.8. The molecule has 1 atom stereocenters. The Bertz CT molecular complexity index is 371. The highest BCUT2D eigenvalue weighted by atomic mass is 16.3. The third kappa shape index (κ3) is 4.20. The minimum absolute atomic E-state index is 0.384. The summed E-state index contributed by atoms with van der Waals surface area (Å²) in [5.74, 6) is 0. The van der Waals surface area contributed by atoms with Crippen molar-refractivity contribution in [1.82, 2.24) is 9.80 Å². The highest BCUT2D eigenvalue weighted by molar-refractivity contribution is 5.39. The monoisotopic (exact) mass is 263 g/mol. The molecule has 1 aromatic rings. The highest BCUT2D eigenvalue weighted by Gasteiger charge is 2.16. The van der Waals surface area contributed by atoms with Gasteiger partial charge in [0, 0.05) is 38.4 Å². The van der Waals surface area contributed by atoms with Crippen molar-refractivity contribution in [2.75, 3.05) is 45.0 Å². The van der Waals surface area contributed by atoms with E-state index >= 15 is 0 Å². The quantitative estimate of drug-likeness (QED) is 0.787. The summed E-state index contributed by atoms with van der Waals surface area (Å²) in [6, 6.07) is 7.52. The van der Waals surface area contributed by atoms with Gasteiger partial charge < -0.3 is 20.6 Å². The van der Waals surface area contributed by atoms with E-state index in [1.165, 1.54) is 0 Å². The van der Waals surface area contributed by atoms with E-state index in [-0.39, 0.29) is 6.10 Å². The van der Waals surface area contributed by atoms with Crippen molar-refractivity contribution < 1.29 is 5.11 Å². The molecule has 106 valence electrons. The van der Waals surface area contributed by atoms with Gasteiger partial charge in [-0.05, 0) is 30.7 Å². The van der Waals surface area contributed by atoms with Gasteiger partial charge >= 0.3 is 0 Å². The third-order valence-corrected chi connectivity index (χ3v) is 3.95. The molecule has 1 heterocycles. The Kier molecular flexibility index (Phi) is 5.19. The fourth-order valence-corrected chi connectivity index (χ4v) is 2.52. The van der Waals surface area contributed by atoms with E-state index in [0.29, 0.717) is 0 Å². The number of benzene rings is 1. The Morgan fingerprint density at radius 1 is 1.11 bits per heavy atom. The zero-order valence-electron chi connectivity index (χ0n) is 11.8. The first-order chi connectivity index (χ1) is 9.19. The number of anilines is 1. The third-order valence-electron chi connectivity index (χ3n) is 3.95. The number of aliphatic hydroxyl groups excluding tert-OH is 1. The number of hydrogen-bond acceptors (Lipinski definition) is 4. The Labute approximate surface area is 115 Å². The van der Waals surface area contributed by atoms with E-state index < -0.39 is 0 Å². The second-order valence-corrected chi connectivity index (χ2v) is 5.25. The molecule has 1 aliphatic heterocycles. The van der Waals surface area contributed by atoms with E-state index in [2.05, 4.69) is 16.7 Å². The van der Waals surface area contributed by atoms with Crippen molar-refractivity contribution in [2.24, 2.45) is 0 Å². The number of nitrogen functional groups attached to an aromatic ring is 1. The first-order valence-electron chi connectivity index (χ1n) is 7.17. The first kappa shape index (κ1) is 14.3. The molecule has 0 aromatic heterocycles. The van der Waals surface area contributed by atoms with E-state index in [0.717, 1.165) is 56.9 Å². The van der Waals surface area contributed by atoms with E-state index in [4.69, 9.17) is 5.73 Å². The number of nitrogens with zero attached hydrogens (tertiary/aromatic N) is 2. The molecule has 1 aromatic carbocycles. The average Bonchev–Trinajstić information content (AvgIpc) is 2.46. The first-order valence-corrected chi connectivity index (χ1v) is 7.17. The molecular formula is C15H25N3O. The van der Waals surface area contributed by atoms with Crippen LogP contribution < -0.4 is 5.73 Å². The van der Waals surface area contributed by atoms with Gasteiger partial charge in [-0.2, -0.15) is 0 Å². The lowest BCUT2D eigenvalue weighted by Crippen LogP contribution is -2.46. The summed E-state index contributed by atoms with van der Waals surface area (Å²) in [5.41, 5.74) is 7.35. The summed E-state index contributed by atoms with van der Waals surface area (Å²) >= 11 is 0. The Morgan fingerprint density at radius 3 is 2.26 bits per heavy atom. The molecule has 1 aliphatic rings. The lowest BCUT2D eigenvalue weighted by Gasteiger charge is -2.34. The molecule has 0 amide bonds. The molecule has 0 saturated carbocycles. The number of hydrogen-bond donors (Lipinski definition) is 2. The summed E-state index contributed by atoms with van der Waals surface area (Å²) < 4.78 is 0. The molecule has 1 saturated heterocycles. The van der Waals surface area contributed by atoms with Crippen LogP contribution in [0.15, 0.2) is 24.3 Å². The molecule has 4 nitrogen and oxygen atoms in total. The number of nitrogens with two attached hydrogens (primary N) is 1. The summed E-state index contributed by atoms with van der Waals surface area (Å²) in [4.78, 5) is 4.90. The smallest absolute Gasteiger partial charge is 0.0802 e. The maximum atomic E-state index is 10.2. The minimum Gasteiger partial charge on any atom is -0.399 e. The van der Waals surface area contributed by atoms with Crippen LogP contribution in [0.3, 0.4) is 0 Å². The summed E-state index contributed by atoms with van der Waals surface area (Å²) in [6.07, 6.45) is 0.403. The van der Waals surface area contributed by atoms with Crippen molar-refractivity contribution in [1.29, 1.82) is 0 Å². The van der Waals surface area contributed by atoms with Crippen molar-refractivity contribution >= 4 is 5.69 Å². The van der Waals surface area contributed by atoms with Crippen LogP contribution in [0.4, 0.5) is 5.69 Å². The topological polar surface area (TPSA) is 52.7 Å². The summed E-state index contributed by atoms with van der Waals surface area (Å²) in [6.45, 7) is 8.83. The fourth-order valence-electron chi connectivity index (χ4n) is 2.52. The van der Waals surface area contributed by atoms with Gasteiger partial charge in [0.05, 0.1) is 6.10 Å². The largest absolute Gasteiger partial charge is 0.399 e. The van der Waals surface area contributed by atoms with Crippen LogP contribution in [0.2, 0.25) is 0 Å². The Balaban J connectivity index is 1.75. The summed E-state index contributed by atoms with van der Waals surface area (Å²) in [7, 11) is 0. The van der Waals surface area contributed by atoms with Gasteiger partial charge in [-0.3, -0.25) is 0 Å². The lowest BCUT2D eigenvalue weighted by atomic mass is 10.1. The Morgan fingerprint density at radius 2 is 1.68 bits per heavy atom. The molecule has 0 bridgehead atoms. The van der Waals surface area contributed by atoms with Gasteiger partial charge in [-0.25, -0.2) is 0 Å². The average molecular weight is 263 g/mol. The van der Waals surface area contributed by atoms with E-state index in [9.17, 15) is 5.11 Å². The SMILES string of the molecule is CCN1CCN(CCC(O)c2ccc(N)cc2)CC1. The molecule has 3 N–H and O–H groups in total. The number of aliphatic hydroxyl groups is 1. The number of likely N-dealkylation sites (N-methyl/N-ethyl adjacent to an activating group) is 1. The van der Waals surface area contributed by atoms with E-state index in [1.54, 1.807) is 0 Å². The maximum absolute atomic E-state index is 10.2. The zero-order chi connectivity index (χ0) is 13.7. The van der Waals surface area contributed by atoms with Crippen molar-refractivity contribution in [3.63, 3.8) is 0 Å². The number of piperazine rings is 1. The molecular weight excluding hydrogens is 238 g/mol. The molecule has 0 spiro atoms. The second-order valence-electron chi connectivity index (χ2n) is 5.25. The van der Waals surface area contributed by atoms with Crippen LogP contribution in [0.5, 0.6) is 0 Å². The van der Waals surface area contributed by atoms with Crippen LogP contribution in [0.1, 0.15) is 25.0 Å². The summed E-state index contributed by atoms with van der Waals surface area (Å²) in [5, 5.41) is 10.2. The van der Waals surface area contributed by atoms with Crippen LogP contribution in [0.25, 0.3) is 0 Å². The van der Waals surface area contributed by atoms with Gasteiger partial charge in [-0.15, -0.1) is 0 Å². The molecule has 1 fully saturated rings. The van der Waals surface area contributed by atoms with Crippen molar-refractivity contribution in [3.8, 4) is 0 Å².